The molecule has 0 bridgehead atoms. The lowest BCUT2D eigenvalue weighted by Crippen LogP contribution is -2.43. The molecule has 1 aliphatic carbocycles. The molecular weight excluding hydrogens is 308 g/mol. The molecule has 0 radical (unpaired) electrons. The summed E-state index contributed by atoms with van der Waals surface area (Å²) in [6.07, 6.45) is 2.12. The van der Waals surface area contributed by atoms with Crippen molar-refractivity contribution in [2.45, 2.75) is 37.3 Å². The third-order valence-electron chi connectivity index (χ3n) is 5.19. The Morgan fingerprint density at radius 3 is 2.79 bits per heavy atom. The van der Waals surface area contributed by atoms with E-state index in [-0.39, 0.29) is 31.0 Å². The molecule has 3 rings (SSSR count). The minimum atomic E-state index is -0.935. The second kappa shape index (κ2) is 6.91. The van der Waals surface area contributed by atoms with Gasteiger partial charge >= 0.3 is 5.97 Å². The molecule has 1 saturated heterocycles. The van der Waals surface area contributed by atoms with Crippen LogP contribution in [0.5, 0.6) is 0 Å². The molecule has 130 valence electrons. The average Bonchev–Trinajstić information content (AvgIpc) is 2.95. The first-order valence-corrected chi connectivity index (χ1v) is 8.44. The molecule has 2 aliphatic rings. The summed E-state index contributed by atoms with van der Waals surface area (Å²) in [7, 11) is 1.67. The van der Waals surface area contributed by atoms with Crippen molar-refractivity contribution in [3.63, 3.8) is 0 Å². The van der Waals surface area contributed by atoms with Crippen LogP contribution in [-0.4, -0.2) is 70.7 Å². The fourth-order valence-electron chi connectivity index (χ4n) is 3.94. The smallest absolute Gasteiger partial charge is 0.317 e. The third kappa shape index (κ3) is 3.30. The van der Waals surface area contributed by atoms with Crippen molar-refractivity contribution in [1.82, 2.24) is 9.80 Å². The van der Waals surface area contributed by atoms with Crippen LogP contribution in [-0.2, 0) is 16.0 Å². The van der Waals surface area contributed by atoms with E-state index in [1.165, 1.54) is 5.56 Å². The number of carboxylic acids is 1. The van der Waals surface area contributed by atoms with Crippen LogP contribution in [0.3, 0.4) is 0 Å². The zero-order chi connectivity index (χ0) is 17.3. The Kier molecular flexibility index (Phi) is 4.87. The zero-order valence-corrected chi connectivity index (χ0v) is 13.9. The van der Waals surface area contributed by atoms with Crippen LogP contribution in [0, 0.1) is 0 Å². The highest BCUT2D eigenvalue weighted by atomic mass is 16.4. The Morgan fingerprint density at radius 1 is 1.29 bits per heavy atom. The van der Waals surface area contributed by atoms with Gasteiger partial charge in [-0.3, -0.25) is 14.5 Å². The molecule has 0 saturated carbocycles. The first-order valence-electron chi connectivity index (χ1n) is 8.44. The minimum absolute atomic E-state index is 0.0485. The van der Waals surface area contributed by atoms with Gasteiger partial charge in [-0.25, -0.2) is 0 Å². The summed E-state index contributed by atoms with van der Waals surface area (Å²) >= 11 is 0. The van der Waals surface area contributed by atoms with Crippen LogP contribution in [0.1, 0.15) is 29.9 Å². The van der Waals surface area contributed by atoms with Crippen LogP contribution in [0.15, 0.2) is 24.3 Å². The predicted octanol–water partition coefficient (Wildman–Crippen LogP) is 0.695. The molecule has 1 aromatic carbocycles. The molecule has 6 heteroatoms. The monoisotopic (exact) mass is 332 g/mol. The normalized spacial score (nSPS) is 26.5. The van der Waals surface area contributed by atoms with E-state index in [0.29, 0.717) is 6.54 Å². The number of carbonyl (C=O) groups excluding carboxylic acids is 1. The molecule has 3 atom stereocenters. The number of fused-ring (bicyclic) bond motifs is 1. The van der Waals surface area contributed by atoms with Gasteiger partial charge in [-0.1, -0.05) is 24.3 Å². The van der Waals surface area contributed by atoms with E-state index in [2.05, 4.69) is 6.07 Å². The Labute approximate surface area is 141 Å². The van der Waals surface area contributed by atoms with Gasteiger partial charge in [0.25, 0.3) is 0 Å². The number of aliphatic hydroxyl groups excluding tert-OH is 1. The quantitative estimate of drug-likeness (QED) is 0.848. The highest BCUT2D eigenvalue weighted by Gasteiger charge is 2.39. The lowest BCUT2D eigenvalue weighted by atomic mass is 9.82. The number of aliphatic carboxylic acids is 1. The molecule has 1 aromatic rings. The van der Waals surface area contributed by atoms with Gasteiger partial charge in [0.05, 0.1) is 24.6 Å². The van der Waals surface area contributed by atoms with Crippen molar-refractivity contribution >= 4 is 11.9 Å². The lowest BCUT2D eigenvalue weighted by molar-refractivity contribution is -0.138. The molecule has 1 amide bonds. The maximum absolute atomic E-state index is 13.0. The van der Waals surface area contributed by atoms with Crippen LogP contribution in [0.4, 0.5) is 0 Å². The Morgan fingerprint density at radius 2 is 2.04 bits per heavy atom. The molecule has 2 N–H and O–H groups in total. The number of β-amino-alcohol motifs (C(OH)–C–C–N with tert-alkyl or cyclic N) is 1. The number of hydrogen-bond donors (Lipinski definition) is 2. The summed E-state index contributed by atoms with van der Waals surface area (Å²) in [6.45, 7) is 0.505. The number of amides is 1. The Hall–Kier alpha value is -1.92. The second-order valence-corrected chi connectivity index (χ2v) is 6.83. The predicted molar refractivity (Wildman–Crippen MR) is 88.8 cm³/mol. The van der Waals surface area contributed by atoms with Gasteiger partial charge in [-0.05, 0) is 37.4 Å². The number of carbonyl (C=O) groups is 2. The number of likely N-dealkylation sites (tertiary alicyclic amines) is 1. The van der Waals surface area contributed by atoms with Crippen molar-refractivity contribution in [2.75, 3.05) is 26.7 Å². The third-order valence-corrected chi connectivity index (χ3v) is 5.19. The largest absolute Gasteiger partial charge is 0.480 e. The molecule has 6 nitrogen and oxygen atoms in total. The summed E-state index contributed by atoms with van der Waals surface area (Å²) in [5, 5.41) is 19.2. The van der Waals surface area contributed by atoms with Crippen molar-refractivity contribution < 1.29 is 19.8 Å². The van der Waals surface area contributed by atoms with E-state index in [9.17, 15) is 14.7 Å². The van der Waals surface area contributed by atoms with Gasteiger partial charge in [0.1, 0.15) is 0 Å². The van der Waals surface area contributed by atoms with E-state index >= 15 is 0 Å². The highest BCUT2D eigenvalue weighted by Crippen LogP contribution is 2.34. The standard InChI is InChI=1S/C18H24N2O4/c1-19(11-17(22)23)15-9-20(10-16(15)21)18(24)14-8-4-6-12-5-2-3-7-13(12)14/h2-3,5,7,14-16,21H,4,6,8-11H2,1H3,(H,22,23)/t14?,15?,16-/m1/s1. The first kappa shape index (κ1) is 16.9. The van der Waals surface area contributed by atoms with Crippen LogP contribution in [0.25, 0.3) is 0 Å². The van der Waals surface area contributed by atoms with E-state index in [1.54, 1.807) is 16.8 Å². The summed E-state index contributed by atoms with van der Waals surface area (Å²) in [5.74, 6) is -1.03. The molecule has 1 heterocycles. The number of benzene rings is 1. The second-order valence-electron chi connectivity index (χ2n) is 6.83. The average molecular weight is 332 g/mol. The molecule has 0 spiro atoms. The molecule has 2 unspecified atom stereocenters. The first-order chi connectivity index (χ1) is 11.5. The van der Waals surface area contributed by atoms with E-state index in [1.807, 2.05) is 18.2 Å². The van der Waals surface area contributed by atoms with Gasteiger partial charge in [0.2, 0.25) is 5.91 Å². The Balaban J connectivity index is 1.72. The van der Waals surface area contributed by atoms with Gasteiger partial charge in [0.15, 0.2) is 0 Å². The number of hydrogen-bond acceptors (Lipinski definition) is 4. The summed E-state index contributed by atoms with van der Waals surface area (Å²) < 4.78 is 0. The van der Waals surface area contributed by atoms with Crippen LogP contribution in [0.2, 0.25) is 0 Å². The molecule has 1 aliphatic heterocycles. The minimum Gasteiger partial charge on any atom is -0.480 e. The number of rotatable bonds is 4. The van der Waals surface area contributed by atoms with E-state index in [4.69, 9.17) is 5.11 Å². The molecule has 24 heavy (non-hydrogen) atoms. The Bertz CT molecular complexity index is 633. The van der Waals surface area contributed by atoms with Crippen molar-refractivity contribution in [3.05, 3.63) is 35.4 Å². The zero-order valence-electron chi connectivity index (χ0n) is 13.9. The fraction of sp³-hybridized carbons (Fsp3) is 0.556. The SMILES string of the molecule is CN(CC(=O)O)C1CN(C(=O)C2CCCc3ccccc32)C[C@H]1O. The lowest BCUT2D eigenvalue weighted by Gasteiger charge is -2.29. The fourth-order valence-corrected chi connectivity index (χ4v) is 3.94. The maximum atomic E-state index is 13.0. The van der Waals surface area contributed by atoms with E-state index < -0.39 is 12.1 Å². The van der Waals surface area contributed by atoms with Gasteiger partial charge in [-0.2, -0.15) is 0 Å². The van der Waals surface area contributed by atoms with E-state index in [0.717, 1.165) is 24.8 Å². The van der Waals surface area contributed by atoms with Crippen molar-refractivity contribution in [1.29, 1.82) is 0 Å². The highest BCUT2D eigenvalue weighted by molar-refractivity contribution is 5.85. The summed E-state index contributed by atoms with van der Waals surface area (Å²) in [5.41, 5.74) is 2.34. The number of carboxylic acid groups (broad SMARTS) is 1. The number of likely N-dealkylation sites (N-methyl/N-ethyl adjacent to an activating group) is 1. The van der Waals surface area contributed by atoms with Crippen LogP contribution >= 0.6 is 0 Å². The summed E-state index contributed by atoms with van der Waals surface area (Å²) in [4.78, 5) is 27.1. The summed E-state index contributed by atoms with van der Waals surface area (Å²) in [6, 6.07) is 7.74. The number of aliphatic hydroxyl groups is 1. The topological polar surface area (TPSA) is 81.1 Å². The van der Waals surface area contributed by atoms with Gasteiger partial charge < -0.3 is 15.1 Å². The number of nitrogens with zero attached hydrogens (tertiary/aromatic N) is 2. The molecular formula is C18H24N2O4. The molecule has 1 fully saturated rings. The number of aryl methyl sites for hydroxylation is 1. The maximum Gasteiger partial charge on any atom is 0.317 e. The molecule has 0 aromatic heterocycles. The van der Waals surface area contributed by atoms with Crippen LogP contribution < -0.4 is 0 Å². The van der Waals surface area contributed by atoms with Gasteiger partial charge in [0, 0.05) is 13.1 Å². The van der Waals surface area contributed by atoms with Crippen molar-refractivity contribution in [2.24, 2.45) is 0 Å². The van der Waals surface area contributed by atoms with Crippen molar-refractivity contribution in [3.8, 4) is 0 Å². The van der Waals surface area contributed by atoms with Gasteiger partial charge in [-0.15, -0.1) is 0 Å².